The van der Waals surface area contributed by atoms with E-state index < -0.39 is 32.4 Å². The summed E-state index contributed by atoms with van der Waals surface area (Å²) in [5, 5.41) is 8.69. The highest BCUT2D eigenvalue weighted by atomic mass is 32.2. The Balaban J connectivity index is 2.11. The van der Waals surface area contributed by atoms with Crippen LogP contribution >= 0.6 is 0 Å². The van der Waals surface area contributed by atoms with Crippen molar-refractivity contribution in [3.8, 4) is 6.07 Å². The first-order valence-corrected chi connectivity index (χ1v) is 10.4. The van der Waals surface area contributed by atoms with Crippen molar-refractivity contribution in [1.82, 2.24) is 0 Å². The Labute approximate surface area is 159 Å². The van der Waals surface area contributed by atoms with Gasteiger partial charge < -0.3 is 4.74 Å². The van der Waals surface area contributed by atoms with Gasteiger partial charge >= 0.3 is 5.97 Å². The second-order valence-corrected chi connectivity index (χ2v) is 8.62. The molecule has 0 heterocycles. The van der Waals surface area contributed by atoms with Crippen LogP contribution in [0.5, 0.6) is 0 Å². The lowest BCUT2D eigenvalue weighted by molar-refractivity contribution is -0.147. The highest BCUT2D eigenvalue weighted by Gasteiger charge is 2.77. The molecule has 27 heavy (non-hydrogen) atoms. The largest absolute Gasteiger partial charge is 0.465 e. The van der Waals surface area contributed by atoms with E-state index in [1.807, 2.05) is 25.1 Å². The zero-order valence-corrected chi connectivity index (χ0v) is 16.1. The van der Waals surface area contributed by atoms with Crippen LogP contribution in [0.25, 0.3) is 0 Å². The first kappa shape index (κ1) is 19.1. The Morgan fingerprint density at radius 2 is 1.74 bits per heavy atom. The standard InChI is InChI=1S/C21H21NO4S/c1-3-15-10-12-16(13-11-15)18-19(21(18,14-22)20(23)26-4-2)27(24,25)17-8-6-5-7-9-17/h5-13,18-19H,3-4H2,1-2H3/t18-,19-,21+/m0/s1. The van der Waals surface area contributed by atoms with Crippen LogP contribution < -0.4 is 0 Å². The van der Waals surface area contributed by atoms with E-state index in [-0.39, 0.29) is 11.5 Å². The summed E-state index contributed by atoms with van der Waals surface area (Å²) in [6, 6.07) is 17.3. The highest BCUT2D eigenvalue weighted by Crippen LogP contribution is 2.64. The fraction of sp³-hybridized carbons (Fsp3) is 0.333. The summed E-state index contributed by atoms with van der Waals surface area (Å²) in [6.07, 6.45) is 0.845. The molecule has 0 N–H and O–H groups in total. The van der Waals surface area contributed by atoms with Crippen LogP contribution in [0.4, 0.5) is 0 Å². The number of sulfone groups is 1. The number of nitrogens with zero attached hydrogens (tertiary/aromatic N) is 1. The van der Waals surface area contributed by atoms with Gasteiger partial charge in [0.15, 0.2) is 15.3 Å². The molecule has 6 heteroatoms. The van der Waals surface area contributed by atoms with Crippen molar-refractivity contribution in [3.63, 3.8) is 0 Å². The zero-order chi connectivity index (χ0) is 19.7. The van der Waals surface area contributed by atoms with Crippen LogP contribution in [-0.2, 0) is 25.8 Å². The van der Waals surface area contributed by atoms with Crippen LogP contribution in [0.15, 0.2) is 59.5 Å². The minimum Gasteiger partial charge on any atom is -0.465 e. The van der Waals surface area contributed by atoms with Crippen molar-refractivity contribution in [2.75, 3.05) is 6.61 Å². The predicted octanol–water partition coefficient (Wildman–Crippen LogP) is 3.26. The first-order chi connectivity index (χ1) is 12.9. The smallest absolute Gasteiger partial charge is 0.328 e. The summed E-state index contributed by atoms with van der Waals surface area (Å²) in [4.78, 5) is 12.7. The second kappa shape index (κ2) is 7.16. The minimum atomic E-state index is -3.89. The van der Waals surface area contributed by atoms with Crippen molar-refractivity contribution >= 4 is 15.8 Å². The Bertz CT molecular complexity index is 977. The molecule has 0 unspecified atom stereocenters. The number of carbonyl (C=O) groups excluding carboxylic acids is 1. The monoisotopic (exact) mass is 383 g/mol. The van der Waals surface area contributed by atoms with Gasteiger partial charge in [-0.15, -0.1) is 0 Å². The number of hydrogen-bond acceptors (Lipinski definition) is 5. The molecule has 0 spiro atoms. The molecule has 0 bridgehead atoms. The fourth-order valence-corrected chi connectivity index (χ4v) is 5.87. The summed E-state index contributed by atoms with van der Waals surface area (Å²) in [5.41, 5.74) is 0.0326. The lowest BCUT2D eigenvalue weighted by atomic mass is 9.99. The highest BCUT2D eigenvalue weighted by molar-refractivity contribution is 7.92. The van der Waals surface area contributed by atoms with Gasteiger partial charge in [0.25, 0.3) is 0 Å². The van der Waals surface area contributed by atoms with Gasteiger partial charge in [0.2, 0.25) is 0 Å². The lowest BCUT2D eigenvalue weighted by Gasteiger charge is -2.09. The Morgan fingerprint density at radius 3 is 2.26 bits per heavy atom. The summed E-state index contributed by atoms with van der Waals surface area (Å²) < 4.78 is 31.5. The van der Waals surface area contributed by atoms with E-state index in [0.717, 1.165) is 12.0 Å². The molecule has 2 aromatic carbocycles. The van der Waals surface area contributed by atoms with E-state index in [0.29, 0.717) is 5.56 Å². The maximum atomic E-state index is 13.2. The summed E-state index contributed by atoms with van der Waals surface area (Å²) in [5.74, 6) is -1.53. The Hall–Kier alpha value is -2.65. The van der Waals surface area contributed by atoms with Crippen LogP contribution in [0.3, 0.4) is 0 Å². The van der Waals surface area contributed by atoms with E-state index in [1.165, 1.54) is 12.1 Å². The molecule has 0 saturated heterocycles. The van der Waals surface area contributed by atoms with E-state index in [9.17, 15) is 18.5 Å². The number of esters is 1. The van der Waals surface area contributed by atoms with Crippen LogP contribution in [0, 0.1) is 16.7 Å². The molecule has 3 atom stereocenters. The molecule has 0 aromatic heterocycles. The zero-order valence-electron chi connectivity index (χ0n) is 15.3. The molecular weight excluding hydrogens is 362 g/mol. The number of hydrogen-bond donors (Lipinski definition) is 0. The number of ether oxygens (including phenoxy) is 1. The molecule has 1 saturated carbocycles. The SMILES string of the molecule is CCOC(=O)[C@]1(C#N)[C@@H](c2ccc(CC)cc2)[C@@H]1S(=O)(=O)c1ccccc1. The number of benzene rings is 2. The van der Waals surface area contributed by atoms with Gasteiger partial charge in [0.1, 0.15) is 5.25 Å². The molecule has 1 fully saturated rings. The fourth-order valence-electron chi connectivity index (χ4n) is 3.61. The van der Waals surface area contributed by atoms with Crippen LogP contribution in [0.2, 0.25) is 0 Å². The quantitative estimate of drug-likeness (QED) is 0.715. The average molecular weight is 383 g/mol. The summed E-state index contributed by atoms with van der Waals surface area (Å²) in [7, 11) is -3.89. The van der Waals surface area contributed by atoms with E-state index in [2.05, 4.69) is 0 Å². The van der Waals surface area contributed by atoms with Crippen molar-refractivity contribution in [2.45, 2.75) is 36.3 Å². The first-order valence-electron chi connectivity index (χ1n) is 8.89. The number of rotatable bonds is 6. The molecule has 2 aromatic rings. The van der Waals surface area contributed by atoms with Gasteiger partial charge in [0.05, 0.1) is 17.6 Å². The molecule has 140 valence electrons. The molecule has 5 nitrogen and oxygen atoms in total. The van der Waals surface area contributed by atoms with E-state index >= 15 is 0 Å². The summed E-state index contributed by atoms with van der Waals surface area (Å²) >= 11 is 0. The van der Waals surface area contributed by atoms with Gasteiger partial charge in [0, 0.05) is 5.92 Å². The second-order valence-electron chi connectivity index (χ2n) is 6.55. The van der Waals surface area contributed by atoms with Crippen LogP contribution in [0.1, 0.15) is 30.9 Å². The van der Waals surface area contributed by atoms with Gasteiger partial charge in [-0.25, -0.2) is 8.42 Å². The third kappa shape index (κ3) is 3.02. The van der Waals surface area contributed by atoms with Crippen LogP contribution in [-0.4, -0.2) is 26.2 Å². The Kier molecular flexibility index (Phi) is 5.07. The maximum Gasteiger partial charge on any atom is 0.328 e. The Morgan fingerprint density at radius 1 is 1.11 bits per heavy atom. The van der Waals surface area contributed by atoms with E-state index in [1.54, 1.807) is 37.3 Å². The molecule has 0 aliphatic heterocycles. The molecule has 1 aliphatic carbocycles. The topological polar surface area (TPSA) is 84.2 Å². The van der Waals surface area contributed by atoms with Crippen molar-refractivity contribution in [2.24, 2.45) is 5.41 Å². The third-order valence-electron chi connectivity index (χ3n) is 5.08. The van der Waals surface area contributed by atoms with Crippen molar-refractivity contribution < 1.29 is 17.9 Å². The normalized spacial score (nSPS) is 24.0. The van der Waals surface area contributed by atoms with Gasteiger partial charge in [-0.3, -0.25) is 4.79 Å². The maximum absolute atomic E-state index is 13.2. The number of aryl methyl sites for hydroxylation is 1. The number of nitriles is 1. The van der Waals surface area contributed by atoms with Crippen molar-refractivity contribution in [3.05, 3.63) is 65.7 Å². The summed E-state index contributed by atoms with van der Waals surface area (Å²) in [6.45, 7) is 3.74. The van der Waals surface area contributed by atoms with Gasteiger partial charge in [-0.05, 0) is 36.6 Å². The molecular formula is C21H21NO4S. The molecule has 0 amide bonds. The minimum absolute atomic E-state index is 0.0852. The third-order valence-corrected chi connectivity index (χ3v) is 7.33. The molecule has 1 aliphatic rings. The molecule has 0 radical (unpaired) electrons. The predicted molar refractivity (Wildman–Crippen MR) is 101 cm³/mol. The average Bonchev–Trinajstić information content (AvgIpc) is 3.40. The number of carbonyl (C=O) groups is 1. The lowest BCUT2D eigenvalue weighted by Crippen LogP contribution is -2.25. The van der Waals surface area contributed by atoms with E-state index in [4.69, 9.17) is 4.74 Å². The molecule has 3 rings (SSSR count). The van der Waals surface area contributed by atoms with Gasteiger partial charge in [-0.2, -0.15) is 5.26 Å². The van der Waals surface area contributed by atoms with Gasteiger partial charge in [-0.1, -0.05) is 49.4 Å². The van der Waals surface area contributed by atoms with Crippen molar-refractivity contribution in [1.29, 1.82) is 5.26 Å².